The summed E-state index contributed by atoms with van der Waals surface area (Å²) < 4.78 is 22.5. The van der Waals surface area contributed by atoms with Gasteiger partial charge in [0.25, 0.3) is 0 Å². The van der Waals surface area contributed by atoms with E-state index in [-0.39, 0.29) is 5.25 Å². The summed E-state index contributed by atoms with van der Waals surface area (Å²) in [6.45, 7) is 0. The Morgan fingerprint density at radius 2 is 1.73 bits per heavy atom. The molecule has 3 rings (SSSR count). The van der Waals surface area contributed by atoms with Crippen molar-refractivity contribution in [3.63, 3.8) is 0 Å². The molecular weight excluding hydrogens is 160 g/mol. The van der Waals surface area contributed by atoms with E-state index in [0.717, 1.165) is 12.8 Å². The summed E-state index contributed by atoms with van der Waals surface area (Å²) in [6.07, 6.45) is 6.11. The molecule has 3 aliphatic carbocycles. The van der Waals surface area contributed by atoms with Crippen molar-refractivity contribution in [3.05, 3.63) is 0 Å². The molecule has 11 heavy (non-hydrogen) atoms. The second-order valence-corrected chi connectivity index (χ2v) is 6.18. The normalized spacial score (nSPS) is 43.2. The molecule has 0 spiro atoms. The van der Waals surface area contributed by atoms with Crippen LogP contribution in [0, 0.1) is 11.8 Å². The lowest BCUT2D eigenvalue weighted by atomic mass is 9.65. The van der Waals surface area contributed by atoms with Gasteiger partial charge in [-0.3, -0.25) is 0 Å². The molecule has 2 atom stereocenters. The maximum Gasteiger partial charge on any atom is 0.150 e. The average molecular weight is 174 g/mol. The predicted octanol–water partition coefficient (Wildman–Crippen LogP) is 1.22. The first-order valence-electron chi connectivity index (χ1n) is 4.28. The standard InChI is InChI=1S/C8H14O2S/c1-11(9,10)8-6-3-2-4-7(8)5-6/h6-8H,2-5H2,1H3. The summed E-state index contributed by atoms with van der Waals surface area (Å²) in [5.74, 6) is 1.03. The molecule has 3 saturated carbocycles. The summed E-state index contributed by atoms with van der Waals surface area (Å²) in [7, 11) is -2.73. The molecule has 2 bridgehead atoms. The number of hydrogen-bond donors (Lipinski definition) is 0. The Hall–Kier alpha value is -0.0500. The van der Waals surface area contributed by atoms with Crippen molar-refractivity contribution in [3.8, 4) is 0 Å². The van der Waals surface area contributed by atoms with Crippen LogP contribution in [0.25, 0.3) is 0 Å². The van der Waals surface area contributed by atoms with Crippen LogP contribution in [-0.2, 0) is 9.84 Å². The molecule has 0 amide bonds. The highest BCUT2D eigenvalue weighted by atomic mass is 32.2. The highest BCUT2D eigenvalue weighted by Crippen LogP contribution is 2.48. The number of fused-ring (bicyclic) bond motifs is 2. The lowest BCUT2D eigenvalue weighted by Crippen LogP contribution is -2.49. The van der Waals surface area contributed by atoms with Crippen LogP contribution in [-0.4, -0.2) is 19.9 Å². The fourth-order valence-electron chi connectivity index (χ4n) is 2.75. The number of sulfone groups is 1. The number of rotatable bonds is 1. The van der Waals surface area contributed by atoms with Crippen molar-refractivity contribution in [2.45, 2.75) is 30.9 Å². The van der Waals surface area contributed by atoms with E-state index in [9.17, 15) is 8.42 Å². The van der Waals surface area contributed by atoms with Crippen molar-refractivity contribution in [1.29, 1.82) is 0 Å². The largest absolute Gasteiger partial charge is 0.229 e. The van der Waals surface area contributed by atoms with Crippen LogP contribution in [0.4, 0.5) is 0 Å². The van der Waals surface area contributed by atoms with Crippen LogP contribution in [0.15, 0.2) is 0 Å². The van der Waals surface area contributed by atoms with Gasteiger partial charge in [0.2, 0.25) is 0 Å². The second-order valence-electron chi connectivity index (χ2n) is 3.98. The van der Waals surface area contributed by atoms with Gasteiger partial charge in [-0.2, -0.15) is 0 Å². The molecule has 2 nitrogen and oxygen atoms in total. The van der Waals surface area contributed by atoms with Gasteiger partial charge < -0.3 is 0 Å². The van der Waals surface area contributed by atoms with Crippen LogP contribution >= 0.6 is 0 Å². The van der Waals surface area contributed by atoms with E-state index in [2.05, 4.69) is 0 Å². The summed E-state index contributed by atoms with van der Waals surface area (Å²) >= 11 is 0. The van der Waals surface area contributed by atoms with E-state index in [4.69, 9.17) is 0 Å². The van der Waals surface area contributed by atoms with E-state index in [1.807, 2.05) is 0 Å². The van der Waals surface area contributed by atoms with Crippen LogP contribution in [0.5, 0.6) is 0 Å². The van der Waals surface area contributed by atoms with Gasteiger partial charge in [0.1, 0.15) is 0 Å². The summed E-state index contributed by atoms with van der Waals surface area (Å²) in [5.41, 5.74) is 0. The molecule has 0 aromatic heterocycles. The third kappa shape index (κ3) is 1.10. The first kappa shape index (κ1) is 7.59. The molecule has 0 N–H and O–H groups in total. The molecule has 2 unspecified atom stereocenters. The predicted molar refractivity (Wildman–Crippen MR) is 44.1 cm³/mol. The van der Waals surface area contributed by atoms with Gasteiger partial charge in [-0.1, -0.05) is 6.42 Å². The zero-order chi connectivity index (χ0) is 8.06. The fourth-order valence-corrected chi connectivity index (χ4v) is 4.64. The molecule has 0 radical (unpaired) electrons. The summed E-state index contributed by atoms with van der Waals surface area (Å²) in [5, 5.41) is 0.0382. The Kier molecular flexibility index (Phi) is 1.53. The maximum absolute atomic E-state index is 11.2. The van der Waals surface area contributed by atoms with E-state index in [1.165, 1.54) is 19.1 Å². The minimum atomic E-state index is -2.73. The minimum absolute atomic E-state index is 0.0382. The maximum atomic E-state index is 11.2. The average Bonchev–Trinajstić information content (AvgIpc) is 1.85. The van der Waals surface area contributed by atoms with Gasteiger partial charge in [-0.25, -0.2) is 8.42 Å². The molecule has 3 aliphatic rings. The van der Waals surface area contributed by atoms with Gasteiger partial charge in [-0.05, 0) is 31.1 Å². The molecular formula is C8H14O2S. The molecule has 0 aliphatic heterocycles. The topological polar surface area (TPSA) is 34.1 Å². The quantitative estimate of drug-likeness (QED) is 0.599. The van der Waals surface area contributed by atoms with Crippen molar-refractivity contribution in [2.75, 3.05) is 6.26 Å². The van der Waals surface area contributed by atoms with E-state index in [1.54, 1.807) is 0 Å². The molecule has 0 aromatic rings. The lowest BCUT2D eigenvalue weighted by molar-refractivity contribution is 0.122. The Balaban J connectivity index is 2.19. The van der Waals surface area contributed by atoms with Crippen molar-refractivity contribution in [2.24, 2.45) is 11.8 Å². The number of hydrogen-bond acceptors (Lipinski definition) is 2. The van der Waals surface area contributed by atoms with Gasteiger partial charge in [0, 0.05) is 6.26 Å². The van der Waals surface area contributed by atoms with Gasteiger partial charge >= 0.3 is 0 Å². The molecule has 64 valence electrons. The second kappa shape index (κ2) is 2.22. The fraction of sp³-hybridized carbons (Fsp3) is 1.00. The van der Waals surface area contributed by atoms with Crippen molar-refractivity contribution < 1.29 is 8.42 Å². The third-order valence-electron chi connectivity index (χ3n) is 3.18. The first-order valence-corrected chi connectivity index (χ1v) is 6.23. The highest BCUT2D eigenvalue weighted by molar-refractivity contribution is 7.91. The third-order valence-corrected chi connectivity index (χ3v) is 4.94. The minimum Gasteiger partial charge on any atom is -0.229 e. The molecule has 0 aromatic carbocycles. The zero-order valence-corrected chi connectivity index (χ0v) is 7.60. The van der Waals surface area contributed by atoms with E-state index in [0.29, 0.717) is 11.8 Å². The van der Waals surface area contributed by atoms with Crippen molar-refractivity contribution in [1.82, 2.24) is 0 Å². The highest BCUT2D eigenvalue weighted by Gasteiger charge is 2.48. The van der Waals surface area contributed by atoms with E-state index < -0.39 is 9.84 Å². The summed E-state index contributed by atoms with van der Waals surface area (Å²) in [4.78, 5) is 0. The molecule has 3 fully saturated rings. The SMILES string of the molecule is CS(=O)(=O)C1C2CCCC1C2. The molecule has 0 saturated heterocycles. The van der Waals surface area contributed by atoms with Crippen molar-refractivity contribution >= 4 is 9.84 Å². The van der Waals surface area contributed by atoms with Crippen LogP contribution in [0.3, 0.4) is 0 Å². The smallest absolute Gasteiger partial charge is 0.150 e. The van der Waals surface area contributed by atoms with E-state index >= 15 is 0 Å². The van der Waals surface area contributed by atoms with Crippen LogP contribution in [0.2, 0.25) is 0 Å². The first-order chi connectivity index (χ1) is 5.09. The molecule has 3 heteroatoms. The lowest BCUT2D eigenvalue weighted by Gasteiger charge is -2.48. The zero-order valence-electron chi connectivity index (χ0n) is 6.79. The summed E-state index contributed by atoms with van der Waals surface area (Å²) in [6, 6.07) is 0. The Labute approximate surface area is 67.9 Å². The van der Waals surface area contributed by atoms with Gasteiger partial charge in [0.15, 0.2) is 9.84 Å². The van der Waals surface area contributed by atoms with Crippen LogP contribution in [0.1, 0.15) is 25.7 Å². The van der Waals surface area contributed by atoms with Gasteiger partial charge in [0.05, 0.1) is 5.25 Å². The monoisotopic (exact) mass is 174 g/mol. The molecule has 0 heterocycles. The Morgan fingerprint density at radius 1 is 1.18 bits per heavy atom. The van der Waals surface area contributed by atoms with Gasteiger partial charge in [-0.15, -0.1) is 0 Å². The van der Waals surface area contributed by atoms with Crippen LogP contribution < -0.4 is 0 Å². The Morgan fingerprint density at radius 3 is 2.00 bits per heavy atom. The Bertz CT molecular complexity index is 241.